The minimum atomic E-state index is 0.971. The molecule has 0 unspecified atom stereocenters. The van der Waals surface area contributed by atoms with Crippen molar-refractivity contribution in [2.45, 2.75) is 40.5 Å². The molecule has 266 valence electrons. The standard InChI is InChI=1S/C52H48N2/c1-5-43-13-9-11-17-51(43)53(47-31-19-39(3)20-32-47)49-35-25-41(26-36-49)23-29-45-15-7-8-16-46(45)30-24-42-27-37-50(38-28-42)54(48-33-21-40(4)22-34-48)52-18-12-10-14-44(52)6-2/h7-38H,5-6H2,1-4H3. The Morgan fingerprint density at radius 1 is 0.352 bits per heavy atom. The molecule has 0 radical (unpaired) electrons. The maximum Gasteiger partial charge on any atom is 0.0493 e. The van der Waals surface area contributed by atoms with Gasteiger partial charge in [-0.2, -0.15) is 0 Å². The van der Waals surface area contributed by atoms with Crippen molar-refractivity contribution in [3.8, 4) is 0 Å². The number of anilines is 6. The SMILES string of the molecule is CCc1ccccc1N(c1ccc(C)cc1)c1ccc(C=Cc2ccccc2C=Cc2ccc(N(c3ccc(C)cc3)c3ccccc3CC)cc2)cc1. The van der Waals surface area contributed by atoms with Crippen molar-refractivity contribution >= 4 is 58.4 Å². The van der Waals surface area contributed by atoms with E-state index in [0.717, 1.165) is 46.7 Å². The zero-order valence-corrected chi connectivity index (χ0v) is 31.8. The molecule has 0 amide bonds. The summed E-state index contributed by atoms with van der Waals surface area (Å²) in [5.41, 5.74) is 16.9. The Balaban J connectivity index is 1.11. The molecule has 2 heteroatoms. The average Bonchev–Trinajstić information content (AvgIpc) is 3.22. The van der Waals surface area contributed by atoms with Crippen molar-refractivity contribution in [1.82, 2.24) is 0 Å². The second kappa shape index (κ2) is 17.0. The van der Waals surface area contributed by atoms with Gasteiger partial charge in [-0.25, -0.2) is 0 Å². The van der Waals surface area contributed by atoms with Gasteiger partial charge in [0.05, 0.1) is 0 Å². The van der Waals surface area contributed by atoms with Crippen molar-refractivity contribution in [1.29, 1.82) is 0 Å². The molecule has 0 bridgehead atoms. The summed E-state index contributed by atoms with van der Waals surface area (Å²) in [4.78, 5) is 4.73. The number of benzene rings is 7. The minimum Gasteiger partial charge on any atom is -0.310 e. The molecule has 0 aromatic heterocycles. The van der Waals surface area contributed by atoms with E-state index in [1.165, 1.54) is 44.8 Å². The summed E-state index contributed by atoms with van der Waals surface area (Å²) >= 11 is 0. The average molecular weight is 701 g/mol. The van der Waals surface area contributed by atoms with E-state index >= 15 is 0 Å². The summed E-state index contributed by atoms with van der Waals surface area (Å²) < 4.78 is 0. The first-order valence-corrected chi connectivity index (χ1v) is 19.1. The van der Waals surface area contributed by atoms with Gasteiger partial charge in [0.25, 0.3) is 0 Å². The van der Waals surface area contributed by atoms with Crippen LogP contribution in [0.5, 0.6) is 0 Å². The van der Waals surface area contributed by atoms with Crippen LogP contribution in [-0.4, -0.2) is 0 Å². The lowest BCUT2D eigenvalue weighted by Crippen LogP contribution is -2.12. The zero-order valence-electron chi connectivity index (χ0n) is 31.8. The van der Waals surface area contributed by atoms with Crippen LogP contribution in [0.2, 0.25) is 0 Å². The molecule has 7 aromatic carbocycles. The Hall–Kier alpha value is -6.38. The molecule has 0 aliphatic rings. The van der Waals surface area contributed by atoms with Crippen molar-refractivity contribution in [2.75, 3.05) is 9.80 Å². The first kappa shape index (κ1) is 36.0. The topological polar surface area (TPSA) is 6.48 Å². The van der Waals surface area contributed by atoms with Gasteiger partial charge in [0.1, 0.15) is 0 Å². The monoisotopic (exact) mass is 700 g/mol. The van der Waals surface area contributed by atoms with Crippen molar-refractivity contribution in [3.63, 3.8) is 0 Å². The van der Waals surface area contributed by atoms with Crippen LogP contribution in [-0.2, 0) is 12.8 Å². The van der Waals surface area contributed by atoms with E-state index in [1.807, 2.05) is 0 Å². The molecule has 0 fully saturated rings. The summed E-state index contributed by atoms with van der Waals surface area (Å²) in [6, 6.07) is 61.3. The summed E-state index contributed by atoms with van der Waals surface area (Å²) in [5, 5.41) is 0. The largest absolute Gasteiger partial charge is 0.310 e. The second-order valence-corrected chi connectivity index (χ2v) is 13.8. The highest BCUT2D eigenvalue weighted by Gasteiger charge is 2.16. The maximum absolute atomic E-state index is 2.36. The molecular weight excluding hydrogens is 653 g/mol. The van der Waals surface area contributed by atoms with Crippen LogP contribution in [0.25, 0.3) is 24.3 Å². The molecule has 0 atom stereocenters. The highest BCUT2D eigenvalue weighted by Crippen LogP contribution is 2.38. The Morgan fingerprint density at radius 2 is 0.667 bits per heavy atom. The lowest BCUT2D eigenvalue weighted by molar-refractivity contribution is 1.11. The van der Waals surface area contributed by atoms with Crippen LogP contribution in [0.15, 0.2) is 170 Å². The predicted molar refractivity (Wildman–Crippen MR) is 235 cm³/mol. The van der Waals surface area contributed by atoms with Crippen molar-refractivity contribution < 1.29 is 0 Å². The third-order valence-electron chi connectivity index (χ3n) is 10.0. The van der Waals surface area contributed by atoms with E-state index < -0.39 is 0 Å². The van der Waals surface area contributed by atoms with Crippen molar-refractivity contribution in [2.24, 2.45) is 0 Å². The second-order valence-electron chi connectivity index (χ2n) is 13.8. The third-order valence-corrected chi connectivity index (χ3v) is 10.0. The van der Waals surface area contributed by atoms with E-state index in [-0.39, 0.29) is 0 Å². The molecule has 0 spiro atoms. The number of hydrogen-bond donors (Lipinski definition) is 0. The molecule has 0 saturated carbocycles. The molecule has 2 nitrogen and oxygen atoms in total. The van der Waals surface area contributed by atoms with Gasteiger partial charge >= 0.3 is 0 Å². The normalized spacial score (nSPS) is 11.3. The molecule has 0 aliphatic heterocycles. The summed E-state index contributed by atoms with van der Waals surface area (Å²) in [5.74, 6) is 0. The van der Waals surface area contributed by atoms with Gasteiger partial charge in [0, 0.05) is 34.1 Å². The molecule has 7 rings (SSSR count). The highest BCUT2D eigenvalue weighted by atomic mass is 15.1. The lowest BCUT2D eigenvalue weighted by atomic mass is 10.0. The van der Waals surface area contributed by atoms with Crippen LogP contribution >= 0.6 is 0 Å². The third kappa shape index (κ3) is 8.30. The van der Waals surface area contributed by atoms with Gasteiger partial charge < -0.3 is 9.80 Å². The zero-order chi connectivity index (χ0) is 37.3. The Kier molecular flexibility index (Phi) is 11.3. The number of rotatable bonds is 12. The molecule has 0 heterocycles. The van der Waals surface area contributed by atoms with Gasteiger partial charge in [-0.3, -0.25) is 0 Å². The van der Waals surface area contributed by atoms with Crippen LogP contribution in [0, 0.1) is 13.8 Å². The van der Waals surface area contributed by atoms with Gasteiger partial charge in [-0.1, -0.05) is 158 Å². The Morgan fingerprint density at radius 3 is 1.02 bits per heavy atom. The maximum atomic E-state index is 2.36. The van der Waals surface area contributed by atoms with Gasteiger partial charge in [0.15, 0.2) is 0 Å². The van der Waals surface area contributed by atoms with Gasteiger partial charge in [0.2, 0.25) is 0 Å². The molecule has 54 heavy (non-hydrogen) atoms. The smallest absolute Gasteiger partial charge is 0.0493 e. The van der Waals surface area contributed by atoms with E-state index in [9.17, 15) is 0 Å². The Bertz CT molecular complexity index is 2180. The van der Waals surface area contributed by atoms with Crippen LogP contribution < -0.4 is 9.80 Å². The van der Waals surface area contributed by atoms with E-state index in [2.05, 4.69) is 232 Å². The van der Waals surface area contributed by atoms with E-state index in [0.29, 0.717) is 0 Å². The van der Waals surface area contributed by atoms with Crippen LogP contribution in [0.1, 0.15) is 58.4 Å². The predicted octanol–water partition coefficient (Wildman–Crippen LogP) is 14.7. The highest BCUT2D eigenvalue weighted by molar-refractivity contribution is 5.83. The molecule has 0 N–H and O–H groups in total. The fourth-order valence-electron chi connectivity index (χ4n) is 6.95. The summed E-state index contributed by atoms with van der Waals surface area (Å²) in [6.07, 6.45) is 10.8. The lowest BCUT2D eigenvalue weighted by Gasteiger charge is -2.27. The van der Waals surface area contributed by atoms with E-state index in [4.69, 9.17) is 0 Å². The first-order chi connectivity index (χ1) is 26.5. The van der Waals surface area contributed by atoms with Gasteiger partial charge in [-0.15, -0.1) is 0 Å². The minimum absolute atomic E-state index is 0.971. The number of hydrogen-bond acceptors (Lipinski definition) is 2. The number of para-hydroxylation sites is 2. The van der Waals surface area contributed by atoms with Crippen LogP contribution in [0.3, 0.4) is 0 Å². The fourth-order valence-corrected chi connectivity index (χ4v) is 6.95. The molecule has 7 aromatic rings. The number of aryl methyl sites for hydroxylation is 4. The number of nitrogens with zero attached hydrogens (tertiary/aromatic N) is 2. The van der Waals surface area contributed by atoms with E-state index in [1.54, 1.807) is 0 Å². The quantitative estimate of drug-likeness (QED) is 0.117. The summed E-state index contributed by atoms with van der Waals surface area (Å²) in [6.45, 7) is 8.71. The fraction of sp³-hybridized carbons (Fsp3) is 0.115. The van der Waals surface area contributed by atoms with Crippen LogP contribution in [0.4, 0.5) is 34.1 Å². The molecule has 0 aliphatic carbocycles. The molecular formula is C52H48N2. The summed E-state index contributed by atoms with van der Waals surface area (Å²) in [7, 11) is 0. The van der Waals surface area contributed by atoms with Crippen molar-refractivity contribution in [3.05, 3.63) is 214 Å². The Labute approximate surface area is 322 Å². The van der Waals surface area contributed by atoms with Gasteiger partial charge in [-0.05, 0) is 121 Å². The first-order valence-electron chi connectivity index (χ1n) is 19.1. The molecule has 0 saturated heterocycles.